The number of hydrogen-bond acceptors (Lipinski definition) is 4. The van der Waals surface area contributed by atoms with Gasteiger partial charge in [0.15, 0.2) is 0 Å². The van der Waals surface area contributed by atoms with Gasteiger partial charge in [0.05, 0.1) is 25.4 Å². The average Bonchev–Trinajstić information content (AvgIpc) is 2.15. The van der Waals surface area contributed by atoms with Crippen molar-refractivity contribution < 1.29 is 14.9 Å². The van der Waals surface area contributed by atoms with Crippen LogP contribution in [0.3, 0.4) is 0 Å². The number of rotatable bonds is 9. The predicted octanol–water partition coefficient (Wildman–Crippen LogP) is 0.253. The third-order valence-electron chi connectivity index (χ3n) is 1.89. The smallest absolute Gasteiger partial charge is 0.0900 e. The van der Waals surface area contributed by atoms with Gasteiger partial charge < -0.3 is 14.9 Å². The molecule has 0 aliphatic carbocycles. The minimum atomic E-state index is -0.515. The molecule has 0 aromatic heterocycles. The molecule has 1 unspecified atom stereocenters. The van der Waals surface area contributed by atoms with E-state index in [1.54, 1.807) is 6.08 Å². The van der Waals surface area contributed by atoms with Gasteiger partial charge in [-0.25, -0.2) is 0 Å². The summed E-state index contributed by atoms with van der Waals surface area (Å²) >= 11 is 0. The monoisotopic (exact) mass is 217 g/mol. The maximum absolute atomic E-state index is 9.64. The third kappa shape index (κ3) is 8.57. The fourth-order valence-electron chi connectivity index (χ4n) is 1.24. The lowest BCUT2D eigenvalue weighted by molar-refractivity contribution is -0.00857. The molecule has 15 heavy (non-hydrogen) atoms. The quantitative estimate of drug-likeness (QED) is 0.544. The summed E-state index contributed by atoms with van der Waals surface area (Å²) in [5.41, 5.74) is 0. The second kappa shape index (κ2) is 8.85. The molecule has 0 aromatic rings. The van der Waals surface area contributed by atoms with Crippen molar-refractivity contribution in [3.05, 3.63) is 12.7 Å². The van der Waals surface area contributed by atoms with Gasteiger partial charge in [0.2, 0.25) is 0 Å². The Morgan fingerprint density at radius 3 is 2.60 bits per heavy atom. The van der Waals surface area contributed by atoms with Gasteiger partial charge in [-0.15, -0.1) is 6.58 Å². The zero-order valence-electron chi connectivity index (χ0n) is 9.72. The minimum absolute atomic E-state index is 0.0889. The van der Waals surface area contributed by atoms with E-state index in [1.165, 1.54) is 0 Å². The van der Waals surface area contributed by atoms with E-state index in [1.807, 2.05) is 18.7 Å². The summed E-state index contributed by atoms with van der Waals surface area (Å²) in [4.78, 5) is 1.93. The summed E-state index contributed by atoms with van der Waals surface area (Å²) in [6, 6.07) is 0. The van der Waals surface area contributed by atoms with E-state index in [-0.39, 0.29) is 12.7 Å². The standard InChI is InChI=1S/C11H23NO3/c1-4-5-12(6-7-13)8-11(14)9-15-10(2)3/h4,10-11,13-14H,1,5-9H2,2-3H3. The van der Waals surface area contributed by atoms with Crippen LogP contribution in [-0.4, -0.2) is 60.2 Å². The topological polar surface area (TPSA) is 52.9 Å². The first-order valence-electron chi connectivity index (χ1n) is 5.34. The summed E-state index contributed by atoms with van der Waals surface area (Å²) in [6.45, 7) is 9.62. The molecule has 0 aliphatic heterocycles. The Hall–Kier alpha value is -0.420. The number of aliphatic hydroxyl groups excluding tert-OH is 2. The summed E-state index contributed by atoms with van der Waals surface area (Å²) in [6.07, 6.45) is 1.37. The summed E-state index contributed by atoms with van der Waals surface area (Å²) < 4.78 is 5.30. The van der Waals surface area contributed by atoms with E-state index in [2.05, 4.69) is 6.58 Å². The van der Waals surface area contributed by atoms with E-state index < -0.39 is 6.10 Å². The van der Waals surface area contributed by atoms with Crippen molar-refractivity contribution in [2.24, 2.45) is 0 Å². The van der Waals surface area contributed by atoms with Gasteiger partial charge in [-0.1, -0.05) is 6.08 Å². The molecule has 0 radical (unpaired) electrons. The Bertz CT molecular complexity index is 162. The van der Waals surface area contributed by atoms with Crippen molar-refractivity contribution >= 4 is 0 Å². The van der Waals surface area contributed by atoms with Gasteiger partial charge in [-0.05, 0) is 13.8 Å². The maximum atomic E-state index is 9.64. The first-order chi connectivity index (χ1) is 7.10. The van der Waals surface area contributed by atoms with E-state index in [0.717, 1.165) is 0 Å². The zero-order chi connectivity index (χ0) is 11.7. The molecule has 0 bridgehead atoms. The first kappa shape index (κ1) is 14.6. The molecular formula is C11H23NO3. The molecule has 1 atom stereocenters. The molecule has 2 N–H and O–H groups in total. The Balaban J connectivity index is 3.76. The highest BCUT2D eigenvalue weighted by Gasteiger charge is 2.10. The third-order valence-corrected chi connectivity index (χ3v) is 1.89. The lowest BCUT2D eigenvalue weighted by Crippen LogP contribution is -2.37. The Morgan fingerprint density at radius 1 is 1.47 bits per heavy atom. The largest absolute Gasteiger partial charge is 0.395 e. The molecule has 0 saturated heterocycles. The SMILES string of the molecule is C=CCN(CCO)CC(O)COC(C)C. The van der Waals surface area contributed by atoms with Crippen LogP contribution in [0, 0.1) is 0 Å². The highest BCUT2D eigenvalue weighted by atomic mass is 16.5. The Morgan fingerprint density at radius 2 is 2.13 bits per heavy atom. The predicted molar refractivity (Wildman–Crippen MR) is 60.8 cm³/mol. The van der Waals surface area contributed by atoms with Crippen LogP contribution in [0.5, 0.6) is 0 Å². The van der Waals surface area contributed by atoms with Crippen molar-refractivity contribution in [1.29, 1.82) is 0 Å². The lowest BCUT2D eigenvalue weighted by Gasteiger charge is -2.23. The van der Waals surface area contributed by atoms with Crippen LogP contribution in [0.25, 0.3) is 0 Å². The molecule has 0 fully saturated rings. The van der Waals surface area contributed by atoms with Crippen molar-refractivity contribution in [2.75, 3.05) is 32.8 Å². The van der Waals surface area contributed by atoms with Crippen LogP contribution in [0.2, 0.25) is 0 Å². The molecule has 0 spiro atoms. The molecule has 4 nitrogen and oxygen atoms in total. The fourth-order valence-corrected chi connectivity index (χ4v) is 1.24. The van der Waals surface area contributed by atoms with E-state index in [0.29, 0.717) is 26.2 Å². The van der Waals surface area contributed by atoms with Crippen LogP contribution < -0.4 is 0 Å². The molecule has 90 valence electrons. The molecule has 4 heteroatoms. The van der Waals surface area contributed by atoms with E-state index in [4.69, 9.17) is 9.84 Å². The van der Waals surface area contributed by atoms with Gasteiger partial charge in [0.25, 0.3) is 0 Å². The van der Waals surface area contributed by atoms with Crippen molar-refractivity contribution in [3.63, 3.8) is 0 Å². The summed E-state index contributed by atoms with van der Waals surface area (Å²) in [5, 5.41) is 18.4. The zero-order valence-corrected chi connectivity index (χ0v) is 9.72. The molecule has 0 heterocycles. The van der Waals surface area contributed by atoms with E-state index >= 15 is 0 Å². The van der Waals surface area contributed by atoms with Crippen molar-refractivity contribution in [1.82, 2.24) is 4.90 Å². The van der Waals surface area contributed by atoms with Crippen molar-refractivity contribution in [3.8, 4) is 0 Å². The molecule has 0 aromatic carbocycles. The fraction of sp³-hybridized carbons (Fsp3) is 0.818. The van der Waals surface area contributed by atoms with Crippen LogP contribution in [0.4, 0.5) is 0 Å². The van der Waals surface area contributed by atoms with Crippen LogP contribution in [0.15, 0.2) is 12.7 Å². The average molecular weight is 217 g/mol. The summed E-state index contributed by atoms with van der Waals surface area (Å²) in [7, 11) is 0. The van der Waals surface area contributed by atoms with Crippen LogP contribution in [-0.2, 0) is 4.74 Å². The Labute approximate surface area is 92.2 Å². The van der Waals surface area contributed by atoms with E-state index in [9.17, 15) is 5.11 Å². The molecule has 0 rings (SSSR count). The van der Waals surface area contributed by atoms with Gasteiger partial charge in [-0.2, -0.15) is 0 Å². The molecular weight excluding hydrogens is 194 g/mol. The minimum Gasteiger partial charge on any atom is -0.395 e. The number of ether oxygens (including phenoxy) is 1. The molecule has 0 saturated carbocycles. The molecule has 0 aliphatic rings. The van der Waals surface area contributed by atoms with Gasteiger partial charge in [0, 0.05) is 19.6 Å². The second-order valence-corrected chi connectivity index (χ2v) is 3.81. The highest BCUT2D eigenvalue weighted by Crippen LogP contribution is 1.96. The summed E-state index contributed by atoms with van der Waals surface area (Å²) in [5.74, 6) is 0. The van der Waals surface area contributed by atoms with Crippen LogP contribution >= 0.6 is 0 Å². The number of aliphatic hydroxyl groups is 2. The first-order valence-corrected chi connectivity index (χ1v) is 5.34. The molecule has 0 amide bonds. The second-order valence-electron chi connectivity index (χ2n) is 3.81. The maximum Gasteiger partial charge on any atom is 0.0900 e. The van der Waals surface area contributed by atoms with Gasteiger partial charge in [-0.3, -0.25) is 4.90 Å². The Kier molecular flexibility index (Phi) is 8.61. The normalized spacial score (nSPS) is 13.5. The van der Waals surface area contributed by atoms with Crippen molar-refractivity contribution in [2.45, 2.75) is 26.1 Å². The van der Waals surface area contributed by atoms with Gasteiger partial charge in [0.1, 0.15) is 0 Å². The van der Waals surface area contributed by atoms with Crippen LogP contribution in [0.1, 0.15) is 13.8 Å². The van der Waals surface area contributed by atoms with Gasteiger partial charge >= 0.3 is 0 Å². The number of hydrogen-bond donors (Lipinski definition) is 2. The number of nitrogens with zero attached hydrogens (tertiary/aromatic N) is 1. The lowest BCUT2D eigenvalue weighted by atomic mass is 10.3. The highest BCUT2D eigenvalue weighted by molar-refractivity contribution is 4.75.